The average molecular weight is 424 g/mol. The van der Waals surface area contributed by atoms with E-state index in [2.05, 4.69) is 0 Å². The molecule has 1 heterocycles. The van der Waals surface area contributed by atoms with Crippen molar-refractivity contribution in [1.29, 1.82) is 0 Å². The number of hydrogen-bond donors (Lipinski definition) is 1. The van der Waals surface area contributed by atoms with Gasteiger partial charge < -0.3 is 10.0 Å². The van der Waals surface area contributed by atoms with Crippen LogP contribution in [-0.2, 0) is 18.0 Å². The molecule has 2 rings (SSSR count). The molecule has 2 nitrogen and oxygen atoms in total. The van der Waals surface area contributed by atoms with Crippen molar-refractivity contribution >= 4 is 24.2 Å². The minimum absolute atomic E-state index is 0. The Kier molecular flexibility index (Phi) is 7.34. The van der Waals surface area contributed by atoms with E-state index in [4.69, 9.17) is 0 Å². The smallest absolute Gasteiger partial charge is 0.385 e. The van der Waals surface area contributed by atoms with Crippen molar-refractivity contribution < 1.29 is 31.4 Å². The van der Waals surface area contributed by atoms with Gasteiger partial charge in [0.2, 0.25) is 0 Å². The first-order valence-electron chi connectivity index (χ1n) is 7.59. The molecule has 1 aliphatic heterocycles. The van der Waals surface area contributed by atoms with Gasteiger partial charge in [-0.05, 0) is 50.0 Å². The van der Waals surface area contributed by atoms with Gasteiger partial charge >= 0.3 is 12.4 Å². The molecule has 0 saturated carbocycles. The number of alkyl halides is 6. The topological polar surface area (TPSA) is 23.5 Å². The summed E-state index contributed by atoms with van der Waals surface area (Å²) in [5.41, 5.74) is -4.83. The van der Waals surface area contributed by atoms with Crippen LogP contribution in [0.1, 0.15) is 23.1 Å². The highest BCUT2D eigenvalue weighted by Crippen LogP contribution is 2.44. The lowest BCUT2D eigenvalue weighted by Gasteiger charge is -2.41. The maximum Gasteiger partial charge on any atom is 0.416 e. The average Bonchev–Trinajstić information content (AvgIpc) is 2.47. The third-order valence-electron chi connectivity index (χ3n) is 4.30. The van der Waals surface area contributed by atoms with Crippen LogP contribution in [0, 0.1) is 5.92 Å². The van der Waals surface area contributed by atoms with E-state index in [1.807, 2.05) is 0 Å². The molecule has 1 aromatic carbocycles. The summed E-state index contributed by atoms with van der Waals surface area (Å²) < 4.78 is 78.4. The van der Waals surface area contributed by atoms with E-state index in [-0.39, 0.29) is 30.5 Å². The molecule has 150 valence electrons. The Morgan fingerprint density at radius 2 is 1.58 bits per heavy atom. The van der Waals surface area contributed by atoms with Gasteiger partial charge in [-0.15, -0.1) is 12.4 Å². The van der Waals surface area contributed by atoms with Crippen LogP contribution in [0.5, 0.6) is 0 Å². The van der Waals surface area contributed by atoms with Crippen LogP contribution in [0.25, 0.3) is 0 Å². The fourth-order valence-electron chi connectivity index (χ4n) is 3.02. The molecule has 10 heteroatoms. The summed E-state index contributed by atoms with van der Waals surface area (Å²) in [6.45, 7) is 0.362. The molecule has 0 bridgehead atoms. The first-order chi connectivity index (χ1) is 11.3. The minimum Gasteiger partial charge on any atom is -0.385 e. The molecule has 0 aliphatic carbocycles. The Balaban J connectivity index is 0.00000338. The molecule has 0 aromatic heterocycles. The molecule has 2 atom stereocenters. The molecule has 0 amide bonds. The Labute approximate surface area is 158 Å². The maximum absolute atomic E-state index is 13.1. The molecule has 26 heavy (non-hydrogen) atoms. The molecule has 1 aromatic rings. The van der Waals surface area contributed by atoms with Gasteiger partial charge in [0.15, 0.2) is 0 Å². The SMILES string of the molecule is CN(C)C[C@H]1CSCC[C@@]1(O)c1cc(C(F)(F)F)cc(C(F)(F)F)c1.Cl. The number of halogens is 7. The van der Waals surface area contributed by atoms with E-state index in [1.54, 1.807) is 19.0 Å². The van der Waals surface area contributed by atoms with Crippen molar-refractivity contribution in [1.82, 2.24) is 4.90 Å². The summed E-state index contributed by atoms with van der Waals surface area (Å²) in [5.74, 6) is 0.468. The molecule has 1 aliphatic rings. The molecular formula is C16H20ClF6NOS. The fourth-order valence-corrected chi connectivity index (χ4v) is 4.31. The third kappa shape index (κ3) is 5.21. The van der Waals surface area contributed by atoms with E-state index in [0.29, 0.717) is 30.2 Å². The summed E-state index contributed by atoms with van der Waals surface area (Å²) in [4.78, 5) is 1.76. The second-order valence-corrected chi connectivity index (χ2v) is 7.65. The molecule has 0 spiro atoms. The standard InChI is InChI=1S/C16H19F6NOS.ClH/c1-23(2)8-13-9-25-4-3-14(13,24)10-5-11(15(17,18)19)7-12(6-10)16(20,21)22;/h5-7,13,24H,3-4,8-9H2,1-2H3;1H/t13-,14+;/m0./s1. The largest absolute Gasteiger partial charge is 0.416 e. The normalized spacial score (nSPS) is 24.5. The fraction of sp³-hybridized carbons (Fsp3) is 0.625. The van der Waals surface area contributed by atoms with E-state index in [1.165, 1.54) is 11.8 Å². The lowest BCUT2D eigenvalue weighted by molar-refractivity contribution is -0.143. The van der Waals surface area contributed by atoms with Gasteiger partial charge in [-0.1, -0.05) is 0 Å². The summed E-state index contributed by atoms with van der Waals surface area (Å²) in [6.07, 6.45) is -9.74. The molecule has 0 unspecified atom stereocenters. The van der Waals surface area contributed by atoms with Gasteiger partial charge in [0.1, 0.15) is 0 Å². The van der Waals surface area contributed by atoms with Crippen LogP contribution in [0.4, 0.5) is 26.3 Å². The van der Waals surface area contributed by atoms with Crippen LogP contribution in [0.2, 0.25) is 0 Å². The Morgan fingerprint density at radius 1 is 1.08 bits per heavy atom. The van der Waals surface area contributed by atoms with Crippen molar-refractivity contribution in [3.05, 3.63) is 34.9 Å². The quantitative estimate of drug-likeness (QED) is 0.716. The lowest BCUT2D eigenvalue weighted by atomic mass is 9.78. The highest BCUT2D eigenvalue weighted by Gasteiger charge is 2.44. The number of benzene rings is 1. The second-order valence-electron chi connectivity index (χ2n) is 6.50. The summed E-state index contributed by atoms with van der Waals surface area (Å²) in [7, 11) is 3.49. The number of hydrogen-bond acceptors (Lipinski definition) is 3. The van der Waals surface area contributed by atoms with Crippen LogP contribution in [-0.4, -0.2) is 42.2 Å². The lowest BCUT2D eigenvalue weighted by Crippen LogP contribution is -2.45. The van der Waals surface area contributed by atoms with E-state index >= 15 is 0 Å². The number of nitrogens with zero attached hydrogens (tertiary/aromatic N) is 1. The first-order valence-corrected chi connectivity index (χ1v) is 8.74. The summed E-state index contributed by atoms with van der Waals surface area (Å²) in [5, 5.41) is 11.1. The Bertz CT molecular complexity index is 589. The van der Waals surface area contributed by atoms with Crippen LogP contribution >= 0.6 is 24.2 Å². The predicted octanol–water partition coefficient (Wildman–Crippen LogP) is 4.65. The highest BCUT2D eigenvalue weighted by molar-refractivity contribution is 7.99. The zero-order valence-electron chi connectivity index (χ0n) is 14.1. The van der Waals surface area contributed by atoms with Gasteiger partial charge in [-0.3, -0.25) is 0 Å². The van der Waals surface area contributed by atoms with E-state index < -0.39 is 35.0 Å². The highest BCUT2D eigenvalue weighted by atomic mass is 35.5. The zero-order chi connectivity index (χ0) is 19.0. The monoisotopic (exact) mass is 423 g/mol. The van der Waals surface area contributed by atoms with Crippen molar-refractivity contribution in [2.75, 3.05) is 32.1 Å². The number of rotatable bonds is 3. The molecule has 1 fully saturated rings. The molecule has 1 N–H and O–H groups in total. The van der Waals surface area contributed by atoms with E-state index in [0.717, 1.165) is 0 Å². The van der Waals surface area contributed by atoms with Gasteiger partial charge in [-0.2, -0.15) is 38.1 Å². The van der Waals surface area contributed by atoms with Gasteiger partial charge in [0.05, 0.1) is 16.7 Å². The van der Waals surface area contributed by atoms with Crippen LogP contribution < -0.4 is 0 Å². The van der Waals surface area contributed by atoms with Crippen molar-refractivity contribution in [2.24, 2.45) is 5.92 Å². The van der Waals surface area contributed by atoms with Crippen LogP contribution in [0.15, 0.2) is 18.2 Å². The van der Waals surface area contributed by atoms with Crippen molar-refractivity contribution in [2.45, 2.75) is 24.4 Å². The molecule has 1 saturated heterocycles. The van der Waals surface area contributed by atoms with Gasteiger partial charge in [0.25, 0.3) is 0 Å². The molecular weight excluding hydrogens is 404 g/mol. The number of aliphatic hydroxyl groups is 1. The first kappa shape index (κ1) is 23.4. The van der Waals surface area contributed by atoms with E-state index in [9.17, 15) is 31.4 Å². The van der Waals surface area contributed by atoms with Gasteiger partial charge in [-0.25, -0.2) is 0 Å². The predicted molar refractivity (Wildman–Crippen MR) is 91.6 cm³/mol. The van der Waals surface area contributed by atoms with Gasteiger partial charge in [0, 0.05) is 18.2 Å². The summed E-state index contributed by atoms with van der Waals surface area (Å²) >= 11 is 1.53. The summed E-state index contributed by atoms with van der Waals surface area (Å²) in [6, 6.07) is 1.38. The zero-order valence-corrected chi connectivity index (χ0v) is 15.7. The number of thioether (sulfide) groups is 1. The van der Waals surface area contributed by atoms with Crippen LogP contribution in [0.3, 0.4) is 0 Å². The van der Waals surface area contributed by atoms with Crippen molar-refractivity contribution in [3.8, 4) is 0 Å². The minimum atomic E-state index is -4.92. The molecule has 0 radical (unpaired) electrons. The second kappa shape index (κ2) is 8.16. The Hall–Kier alpha value is -0.640. The van der Waals surface area contributed by atoms with Crippen molar-refractivity contribution in [3.63, 3.8) is 0 Å². The maximum atomic E-state index is 13.1. The Morgan fingerprint density at radius 3 is 2.00 bits per heavy atom. The third-order valence-corrected chi connectivity index (χ3v) is 5.43.